The van der Waals surface area contributed by atoms with Gasteiger partial charge in [-0.25, -0.2) is 4.39 Å². The molecule has 0 bridgehead atoms. The summed E-state index contributed by atoms with van der Waals surface area (Å²) in [5.41, 5.74) is 1.67. The number of benzene rings is 2. The number of nitrogens with zero attached hydrogens (tertiary/aromatic N) is 2. The van der Waals surface area contributed by atoms with Gasteiger partial charge in [0.05, 0.1) is 5.56 Å². The summed E-state index contributed by atoms with van der Waals surface area (Å²) in [7, 11) is 1.92. The van der Waals surface area contributed by atoms with Crippen LogP contribution in [0.15, 0.2) is 42.5 Å². The summed E-state index contributed by atoms with van der Waals surface area (Å²) in [6.07, 6.45) is 0. The van der Waals surface area contributed by atoms with Gasteiger partial charge in [-0.2, -0.15) is 5.26 Å². The summed E-state index contributed by atoms with van der Waals surface area (Å²) in [5, 5.41) is 9.56. The summed E-state index contributed by atoms with van der Waals surface area (Å²) in [6.45, 7) is 2.47. The van der Waals surface area contributed by atoms with Crippen molar-refractivity contribution < 1.29 is 4.39 Å². The molecule has 0 aromatic heterocycles. The van der Waals surface area contributed by atoms with Crippen molar-refractivity contribution >= 4 is 11.6 Å². The molecule has 0 heterocycles. The fraction of sp³-hybridized carbons (Fsp3) is 0.235. The molecule has 0 fully saturated rings. The molecule has 0 saturated heterocycles. The summed E-state index contributed by atoms with van der Waals surface area (Å²) in [6, 6.07) is 14.5. The highest BCUT2D eigenvalue weighted by Gasteiger charge is 2.15. The molecule has 108 valence electrons. The second-order valence-corrected chi connectivity index (χ2v) is 5.47. The molecular weight excluding hydrogens is 287 g/mol. The van der Waals surface area contributed by atoms with E-state index >= 15 is 0 Å². The molecule has 0 radical (unpaired) electrons. The summed E-state index contributed by atoms with van der Waals surface area (Å²) in [4.78, 5) is 2.02. The Labute approximate surface area is 129 Å². The van der Waals surface area contributed by atoms with E-state index in [0.29, 0.717) is 17.1 Å². The van der Waals surface area contributed by atoms with Gasteiger partial charge in [0.2, 0.25) is 0 Å². The lowest BCUT2D eigenvalue weighted by atomic mass is 10.1. The van der Waals surface area contributed by atoms with E-state index < -0.39 is 5.82 Å². The van der Waals surface area contributed by atoms with Crippen LogP contribution < -0.4 is 0 Å². The van der Waals surface area contributed by atoms with Crippen LogP contribution in [0, 0.1) is 17.1 Å². The number of hydrogen-bond donors (Lipinski definition) is 0. The normalized spacial score (nSPS) is 12.2. The largest absolute Gasteiger partial charge is 0.295 e. The third-order valence-electron chi connectivity index (χ3n) is 3.61. The monoisotopic (exact) mass is 302 g/mol. The van der Waals surface area contributed by atoms with Gasteiger partial charge < -0.3 is 0 Å². The lowest BCUT2D eigenvalue weighted by Crippen LogP contribution is -2.22. The van der Waals surface area contributed by atoms with E-state index in [1.807, 2.05) is 49.2 Å². The summed E-state index contributed by atoms with van der Waals surface area (Å²) in [5.74, 6) is -0.440. The van der Waals surface area contributed by atoms with Crippen molar-refractivity contribution in [2.24, 2.45) is 0 Å². The van der Waals surface area contributed by atoms with Crippen LogP contribution in [0.1, 0.15) is 29.7 Å². The van der Waals surface area contributed by atoms with E-state index in [9.17, 15) is 4.39 Å². The van der Waals surface area contributed by atoms with E-state index in [-0.39, 0.29) is 11.6 Å². The lowest BCUT2D eigenvalue weighted by Gasteiger charge is -2.25. The second kappa shape index (κ2) is 6.71. The van der Waals surface area contributed by atoms with Gasteiger partial charge in [0.15, 0.2) is 0 Å². The maximum atomic E-state index is 14.1. The van der Waals surface area contributed by atoms with E-state index in [1.54, 1.807) is 12.1 Å². The van der Waals surface area contributed by atoms with E-state index in [1.165, 1.54) is 6.07 Å². The Morgan fingerprint density at radius 2 is 2.00 bits per heavy atom. The molecule has 0 amide bonds. The van der Waals surface area contributed by atoms with Crippen LogP contribution in [0.4, 0.5) is 4.39 Å². The molecule has 0 N–H and O–H groups in total. The third kappa shape index (κ3) is 3.60. The predicted octanol–water partition coefficient (Wildman–Crippen LogP) is 4.54. The zero-order chi connectivity index (χ0) is 15.4. The molecule has 2 nitrogen and oxygen atoms in total. The molecule has 2 aromatic rings. The van der Waals surface area contributed by atoms with Crippen LogP contribution >= 0.6 is 11.6 Å². The van der Waals surface area contributed by atoms with Gasteiger partial charge in [-0.3, -0.25) is 4.90 Å². The highest BCUT2D eigenvalue weighted by atomic mass is 35.5. The fourth-order valence-corrected chi connectivity index (χ4v) is 2.41. The second-order valence-electron chi connectivity index (χ2n) is 5.04. The molecule has 4 heteroatoms. The van der Waals surface area contributed by atoms with Gasteiger partial charge in [-0.05, 0) is 37.7 Å². The van der Waals surface area contributed by atoms with Gasteiger partial charge in [-0.1, -0.05) is 35.9 Å². The molecule has 0 aliphatic rings. The number of nitriles is 1. The number of rotatable bonds is 4. The molecule has 1 atom stereocenters. The minimum atomic E-state index is -0.440. The van der Waals surface area contributed by atoms with Crippen molar-refractivity contribution in [1.82, 2.24) is 4.90 Å². The van der Waals surface area contributed by atoms with Crippen LogP contribution in [-0.2, 0) is 6.54 Å². The zero-order valence-corrected chi connectivity index (χ0v) is 12.7. The Bertz CT molecular complexity index is 679. The Hall–Kier alpha value is -1.89. The predicted molar refractivity (Wildman–Crippen MR) is 82.4 cm³/mol. The standard InChI is InChI=1S/C17H16ClFN2/c1-12(13-5-4-8-16(18)9-13)21(2)11-15-7-3-6-14(10-20)17(15)19/h3-9,12H,11H2,1-2H3. The van der Waals surface area contributed by atoms with Crippen molar-refractivity contribution in [3.8, 4) is 6.07 Å². The summed E-state index contributed by atoms with van der Waals surface area (Å²) < 4.78 is 14.1. The van der Waals surface area contributed by atoms with Gasteiger partial charge in [-0.15, -0.1) is 0 Å². The zero-order valence-electron chi connectivity index (χ0n) is 12.0. The average molecular weight is 303 g/mol. The first-order valence-electron chi connectivity index (χ1n) is 6.66. The van der Waals surface area contributed by atoms with Crippen LogP contribution in [0.25, 0.3) is 0 Å². The Morgan fingerprint density at radius 3 is 2.67 bits per heavy atom. The van der Waals surface area contributed by atoms with Crippen LogP contribution in [0.3, 0.4) is 0 Å². The fourth-order valence-electron chi connectivity index (χ4n) is 2.21. The van der Waals surface area contributed by atoms with Gasteiger partial charge in [0, 0.05) is 23.2 Å². The minimum absolute atomic E-state index is 0.0799. The maximum absolute atomic E-state index is 14.1. The highest BCUT2D eigenvalue weighted by molar-refractivity contribution is 6.30. The van der Waals surface area contributed by atoms with Crippen LogP contribution in [0.2, 0.25) is 5.02 Å². The van der Waals surface area contributed by atoms with Gasteiger partial charge in [0.25, 0.3) is 0 Å². The molecule has 0 saturated carbocycles. The first-order chi connectivity index (χ1) is 10.0. The molecule has 1 unspecified atom stereocenters. The molecule has 2 rings (SSSR count). The quantitative estimate of drug-likeness (QED) is 0.829. The van der Waals surface area contributed by atoms with E-state index in [4.69, 9.17) is 16.9 Å². The lowest BCUT2D eigenvalue weighted by molar-refractivity contribution is 0.249. The Balaban J connectivity index is 2.18. The van der Waals surface area contributed by atoms with Crippen molar-refractivity contribution in [3.63, 3.8) is 0 Å². The molecule has 0 spiro atoms. The van der Waals surface area contributed by atoms with Gasteiger partial charge >= 0.3 is 0 Å². The Kier molecular flexibility index (Phi) is 4.95. The van der Waals surface area contributed by atoms with E-state index in [2.05, 4.69) is 0 Å². The van der Waals surface area contributed by atoms with Crippen LogP contribution in [0.5, 0.6) is 0 Å². The van der Waals surface area contributed by atoms with Crippen molar-refractivity contribution in [2.45, 2.75) is 19.5 Å². The number of halogens is 2. The third-order valence-corrected chi connectivity index (χ3v) is 3.85. The first-order valence-corrected chi connectivity index (χ1v) is 7.04. The molecule has 21 heavy (non-hydrogen) atoms. The highest BCUT2D eigenvalue weighted by Crippen LogP contribution is 2.24. The molecule has 2 aromatic carbocycles. The van der Waals surface area contributed by atoms with Crippen LogP contribution in [-0.4, -0.2) is 11.9 Å². The van der Waals surface area contributed by atoms with Crippen molar-refractivity contribution in [3.05, 3.63) is 70.0 Å². The minimum Gasteiger partial charge on any atom is -0.295 e. The maximum Gasteiger partial charge on any atom is 0.145 e. The average Bonchev–Trinajstić information content (AvgIpc) is 2.48. The smallest absolute Gasteiger partial charge is 0.145 e. The van der Waals surface area contributed by atoms with Gasteiger partial charge in [0.1, 0.15) is 11.9 Å². The van der Waals surface area contributed by atoms with Crippen molar-refractivity contribution in [1.29, 1.82) is 5.26 Å². The molecule has 0 aliphatic carbocycles. The number of hydrogen-bond acceptors (Lipinski definition) is 2. The van der Waals surface area contributed by atoms with Crippen molar-refractivity contribution in [2.75, 3.05) is 7.05 Å². The summed E-state index contributed by atoms with van der Waals surface area (Å²) >= 11 is 6.00. The molecule has 0 aliphatic heterocycles. The van der Waals surface area contributed by atoms with E-state index in [0.717, 1.165) is 5.56 Å². The SMILES string of the molecule is CC(c1cccc(Cl)c1)N(C)Cc1cccc(C#N)c1F. The topological polar surface area (TPSA) is 27.0 Å². The molecular formula is C17H16ClFN2. The Morgan fingerprint density at radius 1 is 1.29 bits per heavy atom. The first kappa shape index (κ1) is 15.5.